The highest BCUT2D eigenvalue weighted by Crippen LogP contribution is 2.10. The summed E-state index contributed by atoms with van der Waals surface area (Å²) in [6, 6.07) is 8.96. The maximum atomic E-state index is 12.1. The van der Waals surface area contributed by atoms with E-state index in [2.05, 4.69) is 24.0 Å². The molecule has 0 bridgehead atoms. The molecule has 1 atom stereocenters. The van der Waals surface area contributed by atoms with Gasteiger partial charge in [0.25, 0.3) is 0 Å². The van der Waals surface area contributed by atoms with Crippen molar-refractivity contribution in [3.63, 3.8) is 0 Å². The van der Waals surface area contributed by atoms with Crippen LogP contribution in [0.15, 0.2) is 43.0 Å². The summed E-state index contributed by atoms with van der Waals surface area (Å²) in [6.45, 7) is 3.40. The Labute approximate surface area is 151 Å². The molecular weight excluding hydrogens is 342 g/mol. The van der Waals surface area contributed by atoms with Gasteiger partial charge in [0.2, 0.25) is 0 Å². The first-order valence-electron chi connectivity index (χ1n) is 7.93. The molecule has 1 aromatic rings. The number of hydrogen-bond donors (Lipinski definition) is 2. The molecule has 0 fully saturated rings. The van der Waals surface area contributed by atoms with E-state index < -0.39 is 24.5 Å². The lowest BCUT2D eigenvalue weighted by molar-refractivity contribution is -0.139. The summed E-state index contributed by atoms with van der Waals surface area (Å²) in [6.07, 6.45) is 1.93. The number of aliphatic carboxylic acids is 1. The maximum Gasteiger partial charge on any atom is 0.408 e. The summed E-state index contributed by atoms with van der Waals surface area (Å²) in [5, 5.41) is 11.2. The van der Waals surface area contributed by atoms with E-state index in [9.17, 15) is 14.4 Å². The minimum Gasteiger partial charge on any atom is -0.481 e. The average molecular weight is 365 g/mol. The Morgan fingerprint density at radius 2 is 2.00 bits per heavy atom. The van der Waals surface area contributed by atoms with Gasteiger partial charge < -0.3 is 15.2 Å². The molecular formula is C18H23NO5S. The summed E-state index contributed by atoms with van der Waals surface area (Å²) in [5.41, 5.74) is 1.24. The Bertz CT molecular complexity index is 576. The molecule has 0 aromatic heterocycles. The Morgan fingerprint density at radius 3 is 2.64 bits per heavy atom. The third kappa shape index (κ3) is 9.56. The molecule has 136 valence electrons. The number of amides is 1. The second kappa shape index (κ2) is 12.1. The van der Waals surface area contributed by atoms with Crippen molar-refractivity contribution in [3.8, 4) is 0 Å². The number of thioether (sulfide) groups is 1. The fourth-order valence-corrected chi connectivity index (χ4v) is 2.93. The van der Waals surface area contributed by atoms with Crippen molar-refractivity contribution in [2.75, 3.05) is 18.1 Å². The van der Waals surface area contributed by atoms with Crippen molar-refractivity contribution < 1.29 is 24.2 Å². The highest BCUT2D eigenvalue weighted by molar-refractivity contribution is 7.99. The van der Waals surface area contributed by atoms with Crippen LogP contribution in [0.5, 0.6) is 0 Å². The Kier molecular flexibility index (Phi) is 10.1. The van der Waals surface area contributed by atoms with Crippen LogP contribution in [0.1, 0.15) is 18.4 Å². The van der Waals surface area contributed by atoms with Crippen LogP contribution in [0.3, 0.4) is 0 Å². The van der Waals surface area contributed by atoms with Crippen LogP contribution in [-0.2, 0) is 20.7 Å². The minimum atomic E-state index is -1.16. The normalized spacial score (nSPS) is 11.4. The number of carboxylic acid groups (broad SMARTS) is 1. The van der Waals surface area contributed by atoms with Crippen molar-refractivity contribution in [2.45, 2.75) is 25.3 Å². The smallest absolute Gasteiger partial charge is 0.408 e. The predicted molar refractivity (Wildman–Crippen MR) is 97.8 cm³/mol. The van der Waals surface area contributed by atoms with E-state index in [0.29, 0.717) is 0 Å². The van der Waals surface area contributed by atoms with Crippen molar-refractivity contribution in [2.24, 2.45) is 0 Å². The van der Waals surface area contributed by atoms with E-state index in [1.54, 1.807) is 0 Å². The summed E-state index contributed by atoms with van der Waals surface area (Å²) in [5.74, 6) is -0.561. The van der Waals surface area contributed by atoms with Crippen LogP contribution in [0.2, 0.25) is 0 Å². The molecule has 1 aromatic carbocycles. The third-order valence-corrected chi connectivity index (χ3v) is 4.30. The molecule has 0 aliphatic carbocycles. The third-order valence-electron chi connectivity index (χ3n) is 3.23. The summed E-state index contributed by atoms with van der Waals surface area (Å²) < 4.78 is 4.73. The second-order valence-electron chi connectivity index (χ2n) is 5.29. The Hall–Kier alpha value is -2.28. The molecule has 25 heavy (non-hydrogen) atoms. The lowest BCUT2D eigenvalue weighted by Crippen LogP contribution is -2.43. The maximum absolute atomic E-state index is 12.1. The minimum absolute atomic E-state index is 0.00590. The molecule has 0 unspecified atom stereocenters. The number of rotatable bonds is 12. The SMILES string of the molecule is C=CCOC(=O)N[C@@H](CC(=O)O)C(=O)CSCCCc1ccccc1. The van der Waals surface area contributed by atoms with E-state index in [1.807, 2.05) is 18.2 Å². The topological polar surface area (TPSA) is 92.7 Å². The van der Waals surface area contributed by atoms with Crippen molar-refractivity contribution >= 4 is 29.6 Å². The molecule has 1 rings (SSSR count). The van der Waals surface area contributed by atoms with Crippen LogP contribution in [-0.4, -0.2) is 47.1 Å². The van der Waals surface area contributed by atoms with Crippen LogP contribution in [0, 0.1) is 0 Å². The second-order valence-corrected chi connectivity index (χ2v) is 6.40. The highest BCUT2D eigenvalue weighted by Gasteiger charge is 2.23. The van der Waals surface area contributed by atoms with Gasteiger partial charge in [-0.3, -0.25) is 9.59 Å². The number of ketones is 1. The Morgan fingerprint density at radius 1 is 1.28 bits per heavy atom. The molecule has 1 amide bonds. The van der Waals surface area contributed by atoms with Gasteiger partial charge in [-0.05, 0) is 24.2 Å². The number of benzene rings is 1. The molecule has 0 saturated carbocycles. The van der Waals surface area contributed by atoms with Gasteiger partial charge in [0.15, 0.2) is 5.78 Å². The lowest BCUT2D eigenvalue weighted by atomic mass is 10.1. The predicted octanol–water partition coefficient (Wildman–Crippen LogP) is 2.68. The first-order chi connectivity index (χ1) is 12.0. The number of carboxylic acids is 1. The van der Waals surface area contributed by atoms with Gasteiger partial charge in [0.05, 0.1) is 12.2 Å². The van der Waals surface area contributed by atoms with E-state index >= 15 is 0 Å². The average Bonchev–Trinajstić information content (AvgIpc) is 2.59. The molecule has 0 saturated heterocycles. The van der Waals surface area contributed by atoms with Gasteiger partial charge in [-0.2, -0.15) is 11.8 Å². The fourth-order valence-electron chi connectivity index (χ4n) is 2.03. The highest BCUT2D eigenvalue weighted by atomic mass is 32.2. The van der Waals surface area contributed by atoms with Crippen LogP contribution < -0.4 is 5.32 Å². The molecule has 6 nitrogen and oxygen atoms in total. The number of nitrogens with one attached hydrogen (secondary N) is 1. The van der Waals surface area contributed by atoms with Crippen LogP contribution in [0.25, 0.3) is 0 Å². The van der Waals surface area contributed by atoms with Gasteiger partial charge in [0, 0.05) is 0 Å². The van der Waals surface area contributed by atoms with Gasteiger partial charge in [-0.15, -0.1) is 0 Å². The number of Topliss-reactive ketones (excluding diaryl/α,β-unsaturated/α-hetero) is 1. The summed E-state index contributed by atoms with van der Waals surface area (Å²) >= 11 is 1.43. The van der Waals surface area contributed by atoms with Gasteiger partial charge >= 0.3 is 12.1 Å². The van der Waals surface area contributed by atoms with Crippen molar-refractivity contribution in [1.82, 2.24) is 5.32 Å². The molecule has 0 spiro atoms. The zero-order chi connectivity index (χ0) is 18.5. The van der Waals surface area contributed by atoms with E-state index in [0.717, 1.165) is 18.6 Å². The molecule has 0 aliphatic rings. The molecule has 0 aliphatic heterocycles. The first kappa shape index (κ1) is 20.8. The number of carbonyl (C=O) groups excluding carboxylic acids is 2. The largest absolute Gasteiger partial charge is 0.481 e. The van der Waals surface area contributed by atoms with Gasteiger partial charge in [-0.1, -0.05) is 43.0 Å². The lowest BCUT2D eigenvalue weighted by Gasteiger charge is -2.15. The summed E-state index contributed by atoms with van der Waals surface area (Å²) in [7, 11) is 0. The summed E-state index contributed by atoms with van der Waals surface area (Å²) in [4.78, 5) is 34.5. The van der Waals surface area contributed by atoms with E-state index in [1.165, 1.54) is 23.4 Å². The van der Waals surface area contributed by atoms with Crippen LogP contribution >= 0.6 is 11.8 Å². The van der Waals surface area contributed by atoms with Crippen molar-refractivity contribution in [1.29, 1.82) is 0 Å². The zero-order valence-corrected chi connectivity index (χ0v) is 14.8. The first-order valence-corrected chi connectivity index (χ1v) is 9.08. The van der Waals surface area contributed by atoms with Crippen molar-refractivity contribution in [3.05, 3.63) is 48.6 Å². The molecule has 2 N–H and O–H groups in total. The molecule has 7 heteroatoms. The number of ether oxygens (including phenoxy) is 1. The standard InChI is InChI=1S/C18H23NO5S/c1-2-10-24-18(23)19-15(12-17(21)22)16(20)13-25-11-6-9-14-7-4-3-5-8-14/h2-5,7-8,15H,1,6,9-13H2,(H,19,23)(H,21,22)/t15-/m0/s1. The van der Waals surface area contributed by atoms with E-state index in [4.69, 9.17) is 9.84 Å². The van der Waals surface area contributed by atoms with Gasteiger partial charge in [0.1, 0.15) is 12.6 Å². The molecule has 0 radical (unpaired) electrons. The number of hydrogen-bond acceptors (Lipinski definition) is 5. The fraction of sp³-hybridized carbons (Fsp3) is 0.389. The number of alkyl carbamates (subject to hydrolysis) is 1. The quantitative estimate of drug-likeness (QED) is 0.437. The zero-order valence-electron chi connectivity index (χ0n) is 14.0. The molecule has 0 heterocycles. The van der Waals surface area contributed by atoms with E-state index in [-0.39, 0.29) is 18.1 Å². The number of aryl methyl sites for hydroxylation is 1. The van der Waals surface area contributed by atoms with Crippen LogP contribution in [0.4, 0.5) is 4.79 Å². The Balaban J connectivity index is 2.34. The monoisotopic (exact) mass is 365 g/mol. The van der Waals surface area contributed by atoms with Gasteiger partial charge in [-0.25, -0.2) is 4.79 Å². The number of carbonyl (C=O) groups is 3.